The quantitative estimate of drug-likeness (QED) is 0.890. The van der Waals surface area contributed by atoms with Gasteiger partial charge in [0.1, 0.15) is 0 Å². The van der Waals surface area contributed by atoms with E-state index in [4.69, 9.17) is 0 Å². The predicted octanol–water partition coefficient (Wildman–Crippen LogP) is 3.37. The summed E-state index contributed by atoms with van der Waals surface area (Å²) in [7, 11) is 0. The smallest absolute Gasteiger partial charge is 0.0597 e. The first-order valence-corrected chi connectivity index (χ1v) is 6.93. The van der Waals surface area contributed by atoms with E-state index in [1.165, 1.54) is 16.8 Å². The van der Waals surface area contributed by atoms with Crippen LogP contribution in [0.25, 0.3) is 0 Å². The Bertz CT molecular complexity index is 543. The Balaban J connectivity index is 2.02. The van der Waals surface area contributed by atoms with Crippen LogP contribution in [-0.4, -0.2) is 9.78 Å². The normalized spacial score (nSPS) is 12.6. The SMILES string of the molecule is CCn1nc(C)cc1CN[C@H](C)c1cccc(C)c1. The largest absolute Gasteiger partial charge is 0.305 e. The lowest BCUT2D eigenvalue weighted by Crippen LogP contribution is -2.20. The Kier molecular flexibility index (Phi) is 4.38. The van der Waals surface area contributed by atoms with Gasteiger partial charge in [0.25, 0.3) is 0 Å². The van der Waals surface area contributed by atoms with Crippen LogP contribution in [0.15, 0.2) is 30.3 Å². The second kappa shape index (κ2) is 6.02. The van der Waals surface area contributed by atoms with Crippen LogP contribution in [0.4, 0.5) is 0 Å². The summed E-state index contributed by atoms with van der Waals surface area (Å²) in [5, 5.41) is 8.04. The molecule has 1 aromatic carbocycles. The Morgan fingerprint density at radius 2 is 2.05 bits per heavy atom. The fourth-order valence-corrected chi connectivity index (χ4v) is 2.33. The number of benzene rings is 1. The van der Waals surface area contributed by atoms with Crippen LogP contribution in [0, 0.1) is 13.8 Å². The molecular weight excluding hydrogens is 234 g/mol. The molecule has 1 aromatic heterocycles. The van der Waals surface area contributed by atoms with Crippen LogP contribution in [-0.2, 0) is 13.1 Å². The second-order valence-corrected chi connectivity index (χ2v) is 5.11. The molecule has 3 nitrogen and oxygen atoms in total. The summed E-state index contributed by atoms with van der Waals surface area (Å²) in [5.41, 5.74) is 4.97. The highest BCUT2D eigenvalue weighted by molar-refractivity contribution is 5.24. The van der Waals surface area contributed by atoms with Crippen LogP contribution in [0.1, 0.15) is 42.4 Å². The molecule has 0 unspecified atom stereocenters. The van der Waals surface area contributed by atoms with E-state index in [1.54, 1.807) is 0 Å². The Hall–Kier alpha value is -1.61. The number of nitrogens with zero attached hydrogens (tertiary/aromatic N) is 2. The van der Waals surface area contributed by atoms with Gasteiger partial charge in [-0.25, -0.2) is 0 Å². The standard InChI is InChI=1S/C16H23N3/c1-5-19-16(10-13(3)18-19)11-17-14(4)15-8-6-7-12(2)9-15/h6-10,14,17H,5,11H2,1-4H3/t14-/m1/s1. The van der Waals surface area contributed by atoms with E-state index in [0.717, 1.165) is 18.8 Å². The first-order valence-electron chi connectivity index (χ1n) is 6.93. The predicted molar refractivity (Wildman–Crippen MR) is 79.1 cm³/mol. The lowest BCUT2D eigenvalue weighted by Gasteiger charge is -2.15. The highest BCUT2D eigenvalue weighted by atomic mass is 15.3. The van der Waals surface area contributed by atoms with Crippen molar-refractivity contribution in [2.45, 2.75) is 46.8 Å². The zero-order valence-corrected chi connectivity index (χ0v) is 12.3. The zero-order valence-electron chi connectivity index (χ0n) is 12.3. The lowest BCUT2D eigenvalue weighted by atomic mass is 10.1. The third kappa shape index (κ3) is 3.44. The number of hydrogen-bond donors (Lipinski definition) is 1. The van der Waals surface area contributed by atoms with Crippen molar-refractivity contribution in [3.63, 3.8) is 0 Å². The van der Waals surface area contributed by atoms with E-state index in [-0.39, 0.29) is 0 Å². The van der Waals surface area contributed by atoms with Crippen LogP contribution < -0.4 is 5.32 Å². The van der Waals surface area contributed by atoms with Gasteiger partial charge in [-0.2, -0.15) is 5.10 Å². The van der Waals surface area contributed by atoms with Gasteiger partial charge < -0.3 is 5.32 Å². The van der Waals surface area contributed by atoms with Gasteiger partial charge >= 0.3 is 0 Å². The molecule has 3 heteroatoms. The molecule has 0 fully saturated rings. The molecule has 0 aliphatic rings. The molecule has 0 aliphatic heterocycles. The summed E-state index contributed by atoms with van der Waals surface area (Å²) >= 11 is 0. The molecule has 0 amide bonds. The zero-order chi connectivity index (χ0) is 13.8. The van der Waals surface area contributed by atoms with Gasteiger partial charge in [0, 0.05) is 19.1 Å². The van der Waals surface area contributed by atoms with E-state index in [1.807, 2.05) is 6.92 Å². The maximum atomic E-state index is 4.47. The van der Waals surface area contributed by atoms with Gasteiger partial charge in [0.05, 0.1) is 11.4 Å². The number of nitrogens with one attached hydrogen (secondary N) is 1. The highest BCUT2D eigenvalue weighted by Crippen LogP contribution is 2.14. The molecule has 0 bridgehead atoms. The highest BCUT2D eigenvalue weighted by Gasteiger charge is 2.08. The fraction of sp³-hybridized carbons (Fsp3) is 0.438. The van der Waals surface area contributed by atoms with E-state index in [9.17, 15) is 0 Å². The summed E-state index contributed by atoms with van der Waals surface area (Å²) < 4.78 is 2.06. The van der Waals surface area contributed by atoms with E-state index in [0.29, 0.717) is 6.04 Å². The van der Waals surface area contributed by atoms with Gasteiger partial charge in [-0.15, -0.1) is 0 Å². The van der Waals surface area contributed by atoms with Crippen molar-refractivity contribution in [3.05, 3.63) is 52.8 Å². The molecule has 1 N–H and O–H groups in total. The fourth-order valence-electron chi connectivity index (χ4n) is 2.33. The minimum absolute atomic E-state index is 0.348. The maximum Gasteiger partial charge on any atom is 0.0597 e. The van der Waals surface area contributed by atoms with Crippen molar-refractivity contribution in [1.82, 2.24) is 15.1 Å². The Morgan fingerprint density at radius 1 is 1.26 bits per heavy atom. The average Bonchev–Trinajstić information content (AvgIpc) is 2.76. The van der Waals surface area contributed by atoms with Crippen molar-refractivity contribution in [2.24, 2.45) is 0 Å². The summed E-state index contributed by atoms with van der Waals surface area (Å²) in [6.07, 6.45) is 0. The van der Waals surface area contributed by atoms with Crippen molar-refractivity contribution in [3.8, 4) is 0 Å². The summed E-state index contributed by atoms with van der Waals surface area (Å²) in [4.78, 5) is 0. The van der Waals surface area contributed by atoms with Crippen LogP contribution in [0.3, 0.4) is 0 Å². The van der Waals surface area contributed by atoms with E-state index in [2.05, 4.69) is 66.2 Å². The molecule has 19 heavy (non-hydrogen) atoms. The van der Waals surface area contributed by atoms with Crippen LogP contribution >= 0.6 is 0 Å². The summed E-state index contributed by atoms with van der Waals surface area (Å²) in [6.45, 7) is 10.3. The van der Waals surface area contributed by atoms with Crippen LogP contribution in [0.5, 0.6) is 0 Å². The minimum atomic E-state index is 0.348. The van der Waals surface area contributed by atoms with Gasteiger partial charge in [0.15, 0.2) is 0 Å². The van der Waals surface area contributed by atoms with Crippen molar-refractivity contribution in [1.29, 1.82) is 0 Å². The van der Waals surface area contributed by atoms with Crippen molar-refractivity contribution < 1.29 is 0 Å². The van der Waals surface area contributed by atoms with Gasteiger partial charge in [-0.05, 0) is 39.3 Å². The minimum Gasteiger partial charge on any atom is -0.305 e. The monoisotopic (exact) mass is 257 g/mol. The number of aromatic nitrogens is 2. The Labute approximate surface area is 115 Å². The lowest BCUT2D eigenvalue weighted by molar-refractivity contribution is 0.531. The van der Waals surface area contributed by atoms with Gasteiger partial charge in [-0.3, -0.25) is 4.68 Å². The Morgan fingerprint density at radius 3 is 2.74 bits per heavy atom. The number of rotatable bonds is 5. The molecule has 0 saturated carbocycles. The topological polar surface area (TPSA) is 29.9 Å². The van der Waals surface area contributed by atoms with Gasteiger partial charge in [0.2, 0.25) is 0 Å². The molecule has 1 atom stereocenters. The molecule has 2 aromatic rings. The molecular formula is C16H23N3. The second-order valence-electron chi connectivity index (χ2n) is 5.11. The van der Waals surface area contributed by atoms with Crippen molar-refractivity contribution in [2.75, 3.05) is 0 Å². The van der Waals surface area contributed by atoms with Gasteiger partial charge in [-0.1, -0.05) is 29.8 Å². The summed E-state index contributed by atoms with van der Waals surface area (Å²) in [6, 6.07) is 11.2. The van der Waals surface area contributed by atoms with E-state index >= 15 is 0 Å². The maximum absolute atomic E-state index is 4.47. The third-order valence-corrected chi connectivity index (χ3v) is 3.42. The molecule has 0 radical (unpaired) electrons. The third-order valence-electron chi connectivity index (χ3n) is 3.42. The first-order chi connectivity index (χ1) is 9.10. The van der Waals surface area contributed by atoms with Crippen LogP contribution in [0.2, 0.25) is 0 Å². The average molecular weight is 257 g/mol. The molecule has 1 heterocycles. The molecule has 0 spiro atoms. The van der Waals surface area contributed by atoms with E-state index < -0.39 is 0 Å². The summed E-state index contributed by atoms with van der Waals surface area (Å²) in [5.74, 6) is 0. The molecule has 0 saturated heterocycles. The molecule has 102 valence electrons. The molecule has 2 rings (SSSR count). The number of aryl methyl sites for hydroxylation is 3. The van der Waals surface area contributed by atoms with Crippen molar-refractivity contribution >= 4 is 0 Å². The molecule has 0 aliphatic carbocycles. The number of hydrogen-bond acceptors (Lipinski definition) is 2. The first kappa shape index (κ1) is 13.8.